The van der Waals surface area contributed by atoms with Crippen LogP contribution >= 0.6 is 38.5 Å². The number of hydrogen-bond donors (Lipinski definition) is 0. The van der Waals surface area contributed by atoms with E-state index in [0.717, 1.165) is 6.07 Å². The fourth-order valence-electron chi connectivity index (χ4n) is 1.15. The zero-order chi connectivity index (χ0) is 14.6. The van der Waals surface area contributed by atoms with Crippen molar-refractivity contribution in [1.29, 1.82) is 0 Å². The molecule has 0 aliphatic heterocycles. The van der Waals surface area contributed by atoms with Gasteiger partial charge in [-0.3, -0.25) is 0 Å². The molecule has 0 aliphatic carbocycles. The SMILES string of the molecule is CCOC(=O)c1nc(CBr)c(I)cc1OC(F)(F)F. The molecule has 0 bridgehead atoms. The molecule has 1 aromatic rings. The van der Waals surface area contributed by atoms with Gasteiger partial charge in [-0.05, 0) is 35.6 Å². The first-order valence-electron chi connectivity index (χ1n) is 4.96. The van der Waals surface area contributed by atoms with E-state index in [9.17, 15) is 18.0 Å². The van der Waals surface area contributed by atoms with Crippen LogP contribution in [0.3, 0.4) is 0 Å². The summed E-state index contributed by atoms with van der Waals surface area (Å²) in [4.78, 5) is 15.4. The number of halogens is 5. The molecule has 9 heteroatoms. The summed E-state index contributed by atoms with van der Waals surface area (Å²) in [5.74, 6) is -1.62. The highest BCUT2D eigenvalue weighted by Gasteiger charge is 2.34. The lowest BCUT2D eigenvalue weighted by Gasteiger charge is -2.13. The lowest BCUT2D eigenvalue weighted by atomic mass is 10.3. The molecule has 19 heavy (non-hydrogen) atoms. The van der Waals surface area contributed by atoms with Crippen molar-refractivity contribution in [3.63, 3.8) is 0 Å². The maximum atomic E-state index is 12.3. The van der Waals surface area contributed by atoms with Crippen LogP contribution in [0.25, 0.3) is 0 Å². The molecule has 0 spiro atoms. The van der Waals surface area contributed by atoms with Crippen LogP contribution in [0.4, 0.5) is 13.2 Å². The summed E-state index contributed by atoms with van der Waals surface area (Å²) in [7, 11) is 0. The zero-order valence-electron chi connectivity index (χ0n) is 9.55. The molecule has 0 radical (unpaired) electrons. The second-order valence-corrected chi connectivity index (χ2v) is 4.89. The molecule has 4 nitrogen and oxygen atoms in total. The zero-order valence-corrected chi connectivity index (χ0v) is 13.3. The molecule has 1 rings (SSSR count). The molecular formula is C10H8BrF3INO3. The number of nitrogens with zero attached hydrogens (tertiary/aromatic N) is 1. The van der Waals surface area contributed by atoms with E-state index in [1.165, 1.54) is 0 Å². The van der Waals surface area contributed by atoms with Crippen LogP contribution < -0.4 is 4.74 Å². The minimum absolute atomic E-state index is 0.0294. The van der Waals surface area contributed by atoms with E-state index < -0.39 is 23.8 Å². The molecule has 106 valence electrons. The molecule has 0 amide bonds. The Hall–Kier alpha value is -0.580. The second kappa shape index (κ2) is 6.73. The highest BCUT2D eigenvalue weighted by molar-refractivity contribution is 14.1. The Morgan fingerprint density at radius 3 is 2.63 bits per heavy atom. The first-order chi connectivity index (χ1) is 8.78. The van der Waals surface area contributed by atoms with Crippen molar-refractivity contribution in [3.8, 4) is 5.75 Å². The van der Waals surface area contributed by atoms with Gasteiger partial charge in [0.25, 0.3) is 0 Å². The minimum Gasteiger partial charge on any atom is -0.461 e. The number of ether oxygens (including phenoxy) is 2. The van der Waals surface area contributed by atoms with E-state index in [4.69, 9.17) is 0 Å². The van der Waals surface area contributed by atoms with Gasteiger partial charge in [-0.15, -0.1) is 13.2 Å². The van der Waals surface area contributed by atoms with E-state index in [2.05, 4.69) is 30.4 Å². The van der Waals surface area contributed by atoms with Gasteiger partial charge in [0, 0.05) is 8.90 Å². The Balaban J connectivity index is 3.26. The summed E-state index contributed by atoms with van der Waals surface area (Å²) in [6, 6.07) is 1.10. The van der Waals surface area contributed by atoms with Gasteiger partial charge in [0.1, 0.15) is 0 Å². The first kappa shape index (κ1) is 16.5. The lowest BCUT2D eigenvalue weighted by molar-refractivity contribution is -0.274. The van der Waals surface area contributed by atoms with E-state index in [-0.39, 0.29) is 6.61 Å². The summed E-state index contributed by atoms with van der Waals surface area (Å²) < 4.78 is 45.7. The van der Waals surface area contributed by atoms with Gasteiger partial charge in [-0.1, -0.05) is 15.9 Å². The molecule has 0 saturated carbocycles. The predicted molar refractivity (Wildman–Crippen MR) is 72.2 cm³/mol. The van der Waals surface area contributed by atoms with E-state index >= 15 is 0 Å². The quantitative estimate of drug-likeness (QED) is 0.396. The summed E-state index contributed by atoms with van der Waals surface area (Å²) in [6.07, 6.45) is -4.90. The number of aromatic nitrogens is 1. The molecule has 0 aromatic carbocycles. The van der Waals surface area contributed by atoms with Crippen LogP contribution in [0.5, 0.6) is 5.75 Å². The number of rotatable bonds is 4. The molecule has 0 unspecified atom stereocenters. The number of carbonyl (C=O) groups is 1. The Morgan fingerprint density at radius 1 is 1.53 bits per heavy atom. The highest BCUT2D eigenvalue weighted by Crippen LogP contribution is 2.29. The van der Waals surface area contributed by atoms with Crippen LogP contribution in [-0.2, 0) is 10.1 Å². The molecule has 0 saturated heterocycles. The second-order valence-electron chi connectivity index (χ2n) is 3.17. The maximum absolute atomic E-state index is 12.3. The summed E-state index contributed by atoms with van der Waals surface area (Å²) in [5.41, 5.74) is -0.0628. The third-order valence-corrected chi connectivity index (χ3v) is 3.30. The smallest absolute Gasteiger partial charge is 0.461 e. The molecule has 0 fully saturated rings. The molecule has 0 N–H and O–H groups in total. The number of alkyl halides is 4. The van der Waals surface area contributed by atoms with Crippen LogP contribution in [0.15, 0.2) is 6.07 Å². The predicted octanol–water partition coefficient (Wildman–Crippen LogP) is 3.66. The summed E-state index contributed by atoms with van der Waals surface area (Å²) in [5, 5.41) is 0.296. The molecule has 0 aliphatic rings. The van der Waals surface area contributed by atoms with Crippen LogP contribution in [-0.4, -0.2) is 23.9 Å². The Bertz CT molecular complexity index is 482. The summed E-state index contributed by atoms with van der Waals surface area (Å²) >= 11 is 4.94. The number of carbonyl (C=O) groups excluding carboxylic acids is 1. The Labute approximate surface area is 128 Å². The topological polar surface area (TPSA) is 48.4 Å². The van der Waals surface area contributed by atoms with Gasteiger partial charge >= 0.3 is 12.3 Å². The van der Waals surface area contributed by atoms with Crippen molar-refractivity contribution in [2.24, 2.45) is 0 Å². The van der Waals surface area contributed by atoms with Crippen LogP contribution in [0.1, 0.15) is 23.1 Å². The number of pyridine rings is 1. The summed E-state index contributed by atoms with van der Waals surface area (Å²) in [6.45, 7) is 1.57. The normalized spacial score (nSPS) is 11.3. The van der Waals surface area contributed by atoms with E-state index in [1.807, 2.05) is 22.6 Å². The number of hydrogen-bond acceptors (Lipinski definition) is 4. The minimum atomic E-state index is -4.90. The first-order valence-corrected chi connectivity index (χ1v) is 7.16. The van der Waals surface area contributed by atoms with Crippen LogP contribution in [0, 0.1) is 3.57 Å². The lowest BCUT2D eigenvalue weighted by Crippen LogP contribution is -2.21. The van der Waals surface area contributed by atoms with Crippen molar-refractivity contribution >= 4 is 44.5 Å². The third-order valence-electron chi connectivity index (χ3n) is 1.83. The van der Waals surface area contributed by atoms with Gasteiger partial charge in [0.05, 0.1) is 12.3 Å². The van der Waals surface area contributed by atoms with E-state index in [1.54, 1.807) is 6.92 Å². The van der Waals surface area contributed by atoms with Gasteiger partial charge in [0.2, 0.25) is 0 Å². The standard InChI is InChI=1S/C10H8BrF3INO3/c1-2-18-9(17)8-7(19-10(12,13)14)3-5(15)6(4-11)16-8/h3H,2,4H2,1H3. The maximum Gasteiger partial charge on any atom is 0.573 e. The van der Waals surface area contributed by atoms with Gasteiger partial charge in [-0.2, -0.15) is 0 Å². The average Bonchev–Trinajstić information content (AvgIpc) is 2.27. The van der Waals surface area contributed by atoms with Crippen molar-refractivity contribution in [2.75, 3.05) is 6.61 Å². The van der Waals surface area contributed by atoms with Crippen LogP contribution in [0.2, 0.25) is 0 Å². The molecule has 1 heterocycles. The van der Waals surface area contributed by atoms with Gasteiger partial charge < -0.3 is 9.47 Å². The largest absolute Gasteiger partial charge is 0.573 e. The Morgan fingerprint density at radius 2 is 2.16 bits per heavy atom. The van der Waals surface area contributed by atoms with Gasteiger partial charge in [-0.25, -0.2) is 9.78 Å². The Kier molecular flexibility index (Phi) is 5.83. The van der Waals surface area contributed by atoms with Crippen molar-refractivity contribution in [2.45, 2.75) is 18.6 Å². The highest BCUT2D eigenvalue weighted by atomic mass is 127. The molecule has 1 aromatic heterocycles. The van der Waals surface area contributed by atoms with E-state index in [0.29, 0.717) is 14.6 Å². The third kappa shape index (κ3) is 4.79. The van der Waals surface area contributed by atoms with Crippen molar-refractivity contribution in [3.05, 3.63) is 21.0 Å². The van der Waals surface area contributed by atoms with Crippen molar-refractivity contribution < 1.29 is 27.4 Å². The van der Waals surface area contributed by atoms with Gasteiger partial charge in [0.15, 0.2) is 11.4 Å². The molecular weight excluding hydrogens is 446 g/mol. The average molecular weight is 454 g/mol. The fraction of sp³-hybridized carbons (Fsp3) is 0.400. The monoisotopic (exact) mass is 453 g/mol. The van der Waals surface area contributed by atoms with Crippen molar-refractivity contribution in [1.82, 2.24) is 4.98 Å². The fourth-order valence-corrected chi connectivity index (χ4v) is 2.70. The number of esters is 1. The molecule has 0 atom stereocenters.